The predicted molar refractivity (Wildman–Crippen MR) is 74.3 cm³/mol. The molecule has 1 aromatic carbocycles. The molecule has 1 atom stereocenters. The van der Waals surface area contributed by atoms with Crippen LogP contribution in [0.5, 0.6) is 5.75 Å². The Balaban J connectivity index is 1.64. The van der Waals surface area contributed by atoms with E-state index in [0.29, 0.717) is 18.2 Å². The minimum atomic E-state index is -1.06. The summed E-state index contributed by atoms with van der Waals surface area (Å²) in [4.78, 5) is 10.8. The largest absolute Gasteiger partial charge is 0.494 e. The van der Waals surface area contributed by atoms with E-state index in [9.17, 15) is 4.79 Å². The van der Waals surface area contributed by atoms with Crippen molar-refractivity contribution in [1.82, 2.24) is 5.32 Å². The van der Waals surface area contributed by atoms with Crippen LogP contribution in [0.2, 0.25) is 0 Å². The van der Waals surface area contributed by atoms with Crippen molar-refractivity contribution < 1.29 is 19.1 Å². The number of aromatic carboxylic acids is 1. The third-order valence-corrected chi connectivity index (χ3v) is 3.60. The SMILES string of the molecule is O=C(O)c1cc2cc(OCCC3CCCN3)ccc2o1. The van der Waals surface area contributed by atoms with Gasteiger partial charge in [-0.05, 0) is 50.1 Å². The fourth-order valence-electron chi connectivity index (χ4n) is 2.54. The van der Waals surface area contributed by atoms with Gasteiger partial charge in [-0.1, -0.05) is 0 Å². The van der Waals surface area contributed by atoms with Crippen LogP contribution in [0.15, 0.2) is 28.7 Å². The summed E-state index contributed by atoms with van der Waals surface area (Å²) in [5, 5.41) is 13.1. The molecule has 2 aromatic rings. The number of carboxylic acid groups (broad SMARTS) is 1. The highest BCUT2D eigenvalue weighted by molar-refractivity contribution is 5.91. The molecule has 2 heterocycles. The van der Waals surface area contributed by atoms with Gasteiger partial charge in [-0.2, -0.15) is 0 Å². The lowest BCUT2D eigenvalue weighted by Crippen LogP contribution is -2.23. The first-order valence-corrected chi connectivity index (χ1v) is 6.85. The Hall–Kier alpha value is -2.01. The Kier molecular flexibility index (Phi) is 3.60. The van der Waals surface area contributed by atoms with Gasteiger partial charge < -0.3 is 19.6 Å². The lowest BCUT2D eigenvalue weighted by atomic mass is 10.2. The molecule has 2 N–H and O–H groups in total. The van der Waals surface area contributed by atoms with E-state index < -0.39 is 5.97 Å². The minimum absolute atomic E-state index is 0.0488. The maximum Gasteiger partial charge on any atom is 0.371 e. The molecule has 3 rings (SSSR count). The number of fused-ring (bicyclic) bond motifs is 1. The van der Waals surface area contributed by atoms with Crippen LogP contribution in [-0.4, -0.2) is 30.3 Å². The number of hydrogen-bond acceptors (Lipinski definition) is 4. The summed E-state index contributed by atoms with van der Waals surface area (Å²) in [5.41, 5.74) is 0.562. The van der Waals surface area contributed by atoms with Gasteiger partial charge in [-0.15, -0.1) is 0 Å². The van der Waals surface area contributed by atoms with E-state index in [4.69, 9.17) is 14.3 Å². The van der Waals surface area contributed by atoms with Gasteiger partial charge >= 0.3 is 5.97 Å². The summed E-state index contributed by atoms with van der Waals surface area (Å²) < 4.78 is 10.9. The standard InChI is InChI=1S/C15H17NO4/c17-15(18)14-9-10-8-12(3-4-13(10)20-14)19-7-5-11-2-1-6-16-11/h3-4,8-9,11,16H,1-2,5-7H2,(H,17,18). The van der Waals surface area contributed by atoms with Crippen molar-refractivity contribution in [3.63, 3.8) is 0 Å². The molecule has 5 heteroatoms. The molecular formula is C15H17NO4. The maximum atomic E-state index is 10.8. The van der Waals surface area contributed by atoms with E-state index in [1.54, 1.807) is 12.1 Å². The molecule has 1 aliphatic heterocycles. The number of carbonyl (C=O) groups is 1. The summed E-state index contributed by atoms with van der Waals surface area (Å²) in [6.45, 7) is 1.76. The minimum Gasteiger partial charge on any atom is -0.494 e. The molecule has 1 saturated heterocycles. The topological polar surface area (TPSA) is 71.7 Å². The number of furan rings is 1. The third kappa shape index (κ3) is 2.77. The van der Waals surface area contributed by atoms with Crippen molar-refractivity contribution in [2.45, 2.75) is 25.3 Å². The fourth-order valence-corrected chi connectivity index (χ4v) is 2.54. The number of benzene rings is 1. The first-order chi connectivity index (χ1) is 9.72. The highest BCUT2D eigenvalue weighted by atomic mass is 16.5. The van der Waals surface area contributed by atoms with Crippen LogP contribution in [0.25, 0.3) is 11.0 Å². The Morgan fingerprint density at radius 3 is 3.10 bits per heavy atom. The number of rotatable bonds is 5. The molecule has 1 aromatic heterocycles. The molecule has 5 nitrogen and oxygen atoms in total. The molecule has 1 unspecified atom stereocenters. The van der Waals surface area contributed by atoms with Crippen molar-refractivity contribution in [3.05, 3.63) is 30.0 Å². The second kappa shape index (κ2) is 5.54. The Labute approximate surface area is 116 Å². The van der Waals surface area contributed by atoms with Crippen molar-refractivity contribution >= 4 is 16.9 Å². The first kappa shape index (κ1) is 13.0. The lowest BCUT2D eigenvalue weighted by Gasteiger charge is -2.11. The highest BCUT2D eigenvalue weighted by Gasteiger charge is 2.14. The summed E-state index contributed by atoms with van der Waals surface area (Å²) >= 11 is 0. The van der Waals surface area contributed by atoms with Crippen LogP contribution in [0.1, 0.15) is 29.8 Å². The quantitative estimate of drug-likeness (QED) is 0.877. The summed E-state index contributed by atoms with van der Waals surface area (Å²) in [6, 6.07) is 7.44. The summed E-state index contributed by atoms with van der Waals surface area (Å²) in [5.74, 6) is -0.364. The smallest absolute Gasteiger partial charge is 0.371 e. The summed E-state index contributed by atoms with van der Waals surface area (Å²) in [7, 11) is 0. The molecule has 20 heavy (non-hydrogen) atoms. The maximum absolute atomic E-state index is 10.8. The molecule has 0 aliphatic carbocycles. The van der Waals surface area contributed by atoms with Gasteiger partial charge in [0.25, 0.3) is 0 Å². The van der Waals surface area contributed by atoms with Crippen LogP contribution in [0, 0.1) is 0 Å². The zero-order valence-corrected chi connectivity index (χ0v) is 11.1. The van der Waals surface area contributed by atoms with Gasteiger partial charge in [-0.3, -0.25) is 0 Å². The van der Waals surface area contributed by atoms with Crippen LogP contribution >= 0.6 is 0 Å². The zero-order valence-electron chi connectivity index (χ0n) is 11.1. The van der Waals surface area contributed by atoms with Gasteiger partial charge in [-0.25, -0.2) is 4.79 Å². The van der Waals surface area contributed by atoms with Crippen molar-refractivity contribution in [3.8, 4) is 5.75 Å². The second-order valence-electron chi connectivity index (χ2n) is 5.05. The molecule has 0 radical (unpaired) electrons. The van der Waals surface area contributed by atoms with E-state index in [1.165, 1.54) is 18.9 Å². The van der Waals surface area contributed by atoms with E-state index in [0.717, 1.165) is 24.1 Å². The third-order valence-electron chi connectivity index (χ3n) is 3.60. The number of carboxylic acids is 1. The van der Waals surface area contributed by atoms with E-state index in [2.05, 4.69) is 5.32 Å². The van der Waals surface area contributed by atoms with E-state index in [1.807, 2.05) is 6.07 Å². The molecule has 0 spiro atoms. The summed E-state index contributed by atoms with van der Waals surface area (Å²) in [6.07, 6.45) is 3.44. The first-order valence-electron chi connectivity index (χ1n) is 6.85. The molecule has 106 valence electrons. The zero-order chi connectivity index (χ0) is 13.9. The Morgan fingerprint density at radius 2 is 2.35 bits per heavy atom. The Bertz CT molecular complexity index is 613. The lowest BCUT2D eigenvalue weighted by molar-refractivity contribution is 0.0665. The van der Waals surface area contributed by atoms with E-state index in [-0.39, 0.29) is 5.76 Å². The fraction of sp³-hybridized carbons (Fsp3) is 0.400. The molecule has 0 saturated carbocycles. The van der Waals surface area contributed by atoms with Crippen LogP contribution < -0.4 is 10.1 Å². The van der Waals surface area contributed by atoms with Crippen molar-refractivity contribution in [2.75, 3.05) is 13.2 Å². The van der Waals surface area contributed by atoms with Gasteiger partial charge in [0.2, 0.25) is 5.76 Å². The van der Waals surface area contributed by atoms with Crippen LogP contribution in [0.4, 0.5) is 0 Å². The average Bonchev–Trinajstić information content (AvgIpc) is 3.06. The second-order valence-corrected chi connectivity index (χ2v) is 5.05. The molecule has 1 fully saturated rings. The molecule has 0 bridgehead atoms. The number of hydrogen-bond donors (Lipinski definition) is 2. The highest BCUT2D eigenvalue weighted by Crippen LogP contribution is 2.24. The van der Waals surface area contributed by atoms with Crippen molar-refractivity contribution in [2.24, 2.45) is 0 Å². The Morgan fingerprint density at radius 1 is 1.45 bits per heavy atom. The van der Waals surface area contributed by atoms with E-state index >= 15 is 0 Å². The number of nitrogens with one attached hydrogen (secondary N) is 1. The number of ether oxygens (including phenoxy) is 1. The normalized spacial score (nSPS) is 18.5. The van der Waals surface area contributed by atoms with Gasteiger partial charge in [0.1, 0.15) is 11.3 Å². The molecule has 1 aliphatic rings. The van der Waals surface area contributed by atoms with Gasteiger partial charge in [0.05, 0.1) is 6.61 Å². The van der Waals surface area contributed by atoms with Crippen LogP contribution in [-0.2, 0) is 0 Å². The van der Waals surface area contributed by atoms with Crippen molar-refractivity contribution in [1.29, 1.82) is 0 Å². The van der Waals surface area contributed by atoms with Gasteiger partial charge in [0.15, 0.2) is 0 Å². The molecular weight excluding hydrogens is 258 g/mol. The van der Waals surface area contributed by atoms with Gasteiger partial charge in [0, 0.05) is 11.4 Å². The van der Waals surface area contributed by atoms with Crippen LogP contribution in [0.3, 0.4) is 0 Å². The molecule has 0 amide bonds. The monoisotopic (exact) mass is 275 g/mol. The predicted octanol–water partition coefficient (Wildman–Crippen LogP) is 2.65. The average molecular weight is 275 g/mol.